The van der Waals surface area contributed by atoms with E-state index in [9.17, 15) is 17.4 Å². The fourth-order valence-corrected chi connectivity index (χ4v) is 4.68. The highest BCUT2D eigenvalue weighted by atomic mass is 32.2. The van der Waals surface area contributed by atoms with Gasteiger partial charge in [-0.3, -0.25) is 19.3 Å². The van der Waals surface area contributed by atoms with Crippen LogP contribution < -0.4 is 14.2 Å². The third-order valence-electron chi connectivity index (χ3n) is 5.98. The first kappa shape index (κ1) is 27.9. The van der Waals surface area contributed by atoms with Gasteiger partial charge in [-0.2, -0.15) is 23.1 Å². The Labute approximate surface area is 224 Å². The lowest BCUT2D eigenvalue weighted by atomic mass is 10.1. The molecule has 0 spiro atoms. The normalized spacial score (nSPS) is 13.9. The van der Waals surface area contributed by atoms with Gasteiger partial charge in [-0.05, 0) is 26.0 Å². The lowest BCUT2D eigenvalue weighted by Crippen LogP contribution is -2.26. The molecule has 11 nitrogen and oxygen atoms in total. The van der Waals surface area contributed by atoms with E-state index in [1.165, 1.54) is 37.2 Å². The van der Waals surface area contributed by atoms with Crippen molar-refractivity contribution in [1.82, 2.24) is 34.7 Å². The smallest absolute Gasteiger partial charge is 0.416 e. The van der Waals surface area contributed by atoms with E-state index in [1.807, 2.05) is 13.8 Å². The molecule has 39 heavy (non-hydrogen) atoms. The van der Waals surface area contributed by atoms with Crippen molar-refractivity contribution in [1.29, 1.82) is 0 Å². The summed E-state index contributed by atoms with van der Waals surface area (Å²) in [6.45, 7) is 5.44. The van der Waals surface area contributed by atoms with E-state index in [1.54, 1.807) is 19.3 Å². The predicted octanol–water partition coefficient (Wildman–Crippen LogP) is 4.13. The maximum Gasteiger partial charge on any atom is 0.416 e. The molecule has 3 heterocycles. The number of methoxy groups -OCH3 is 2. The minimum Gasteiger partial charge on any atom is -0.479 e. The Bertz CT molecular complexity index is 1460. The molecule has 3 atom stereocenters. The first-order valence-electron chi connectivity index (χ1n) is 11.6. The summed E-state index contributed by atoms with van der Waals surface area (Å²) in [6, 6.07) is 4.58. The Morgan fingerprint density at radius 1 is 1.00 bits per heavy atom. The van der Waals surface area contributed by atoms with Crippen molar-refractivity contribution in [2.45, 2.75) is 38.1 Å². The first-order valence-corrected chi connectivity index (χ1v) is 12.8. The number of hydrogen-bond acceptors (Lipinski definition) is 9. The highest BCUT2D eigenvalue weighted by Gasteiger charge is 2.32. The molecule has 3 aromatic heterocycles. The zero-order valence-corrected chi connectivity index (χ0v) is 22.4. The number of anilines is 1. The van der Waals surface area contributed by atoms with Gasteiger partial charge in [-0.15, -0.1) is 10.2 Å². The molecule has 0 fully saturated rings. The molecule has 0 saturated carbocycles. The van der Waals surface area contributed by atoms with E-state index in [4.69, 9.17) is 9.47 Å². The van der Waals surface area contributed by atoms with Crippen LogP contribution in [-0.2, 0) is 17.2 Å². The number of benzene rings is 1. The highest BCUT2D eigenvalue weighted by Crippen LogP contribution is 2.37. The predicted molar refractivity (Wildman–Crippen MR) is 137 cm³/mol. The van der Waals surface area contributed by atoms with Crippen molar-refractivity contribution in [3.8, 4) is 28.8 Å². The summed E-state index contributed by atoms with van der Waals surface area (Å²) < 4.78 is 68.8. The van der Waals surface area contributed by atoms with Crippen LogP contribution in [0.15, 0.2) is 43.0 Å². The maximum absolute atomic E-state index is 13.5. The summed E-state index contributed by atoms with van der Waals surface area (Å²) in [5.41, 5.74) is 0.706. The number of aromatic nitrogens is 7. The van der Waals surface area contributed by atoms with Gasteiger partial charge in [0.25, 0.3) is 0 Å². The van der Waals surface area contributed by atoms with Crippen LogP contribution in [0.25, 0.3) is 17.1 Å². The Morgan fingerprint density at radius 3 is 2.28 bits per heavy atom. The lowest BCUT2D eigenvalue weighted by Gasteiger charge is -2.20. The van der Waals surface area contributed by atoms with Gasteiger partial charge in [0, 0.05) is 23.9 Å². The standard InChI is InChI=1S/C24H25F3N8O3S/c1-13-10-29-18(11-28-13)14(2)15(3)39(36)34-23-33-32-20(16-7-6-8-17(9-16)24(25,26)27)35(23)19-21(37-4)30-12-31-22(19)38-5/h6-12,14-15H,1-5H3,(H,33,34). The molecule has 1 aromatic carbocycles. The Morgan fingerprint density at radius 2 is 1.69 bits per heavy atom. The van der Waals surface area contributed by atoms with Crippen LogP contribution in [0.5, 0.6) is 11.8 Å². The molecule has 0 amide bonds. The van der Waals surface area contributed by atoms with E-state index < -0.39 is 28.0 Å². The molecular weight excluding hydrogens is 537 g/mol. The molecule has 0 bridgehead atoms. The SMILES string of the molecule is COc1ncnc(OC)c1-n1c(NS(=O)C(C)C(C)c2cnc(C)cn2)nnc1-c1cccc(C(F)(F)F)c1. The third-order valence-corrected chi connectivity index (χ3v) is 7.45. The van der Waals surface area contributed by atoms with Gasteiger partial charge in [-0.1, -0.05) is 19.1 Å². The van der Waals surface area contributed by atoms with Crippen molar-refractivity contribution in [2.24, 2.45) is 0 Å². The molecule has 206 valence electrons. The Balaban J connectivity index is 1.81. The Kier molecular flexibility index (Phi) is 8.09. The molecule has 15 heteroatoms. The second-order valence-electron chi connectivity index (χ2n) is 8.48. The van der Waals surface area contributed by atoms with Crippen molar-refractivity contribution in [3.63, 3.8) is 0 Å². The van der Waals surface area contributed by atoms with Gasteiger partial charge in [0.15, 0.2) is 11.5 Å². The average Bonchev–Trinajstić information content (AvgIpc) is 3.34. The van der Waals surface area contributed by atoms with Gasteiger partial charge < -0.3 is 9.47 Å². The van der Waals surface area contributed by atoms with E-state index in [0.717, 1.165) is 17.8 Å². The highest BCUT2D eigenvalue weighted by molar-refractivity contribution is 7.87. The largest absolute Gasteiger partial charge is 0.479 e. The van der Waals surface area contributed by atoms with Crippen molar-refractivity contribution >= 4 is 16.9 Å². The summed E-state index contributed by atoms with van der Waals surface area (Å²) in [5, 5.41) is 7.75. The van der Waals surface area contributed by atoms with Gasteiger partial charge in [0.05, 0.1) is 36.4 Å². The van der Waals surface area contributed by atoms with Crippen LogP contribution >= 0.6 is 0 Å². The van der Waals surface area contributed by atoms with Gasteiger partial charge in [0.2, 0.25) is 17.7 Å². The summed E-state index contributed by atoms with van der Waals surface area (Å²) in [4.78, 5) is 16.8. The van der Waals surface area contributed by atoms with E-state index >= 15 is 0 Å². The number of halogens is 3. The molecule has 0 aliphatic rings. The quantitative estimate of drug-likeness (QED) is 0.320. The monoisotopic (exact) mass is 562 g/mol. The molecule has 4 rings (SSSR count). The fourth-order valence-electron chi connectivity index (χ4n) is 3.67. The summed E-state index contributed by atoms with van der Waals surface area (Å²) in [7, 11) is 0.959. The first-order chi connectivity index (χ1) is 18.5. The molecule has 0 saturated heterocycles. The number of ether oxygens (including phenoxy) is 2. The number of aryl methyl sites for hydroxylation is 1. The molecule has 0 radical (unpaired) electrons. The van der Waals surface area contributed by atoms with Gasteiger partial charge >= 0.3 is 6.18 Å². The number of alkyl halides is 3. The Hall–Kier alpha value is -4.14. The summed E-state index contributed by atoms with van der Waals surface area (Å²) in [5.74, 6) is -0.284. The topological polar surface area (TPSA) is 130 Å². The minimum absolute atomic E-state index is 0.0166. The van der Waals surface area contributed by atoms with Crippen LogP contribution in [0, 0.1) is 6.92 Å². The lowest BCUT2D eigenvalue weighted by molar-refractivity contribution is -0.137. The zero-order valence-electron chi connectivity index (χ0n) is 21.6. The van der Waals surface area contributed by atoms with Crippen LogP contribution in [0.3, 0.4) is 0 Å². The van der Waals surface area contributed by atoms with E-state index in [-0.39, 0.29) is 40.7 Å². The second-order valence-corrected chi connectivity index (χ2v) is 10.0. The van der Waals surface area contributed by atoms with Gasteiger partial charge in [0.1, 0.15) is 17.3 Å². The number of nitrogens with one attached hydrogen (secondary N) is 1. The molecule has 1 N–H and O–H groups in total. The van der Waals surface area contributed by atoms with E-state index in [0.29, 0.717) is 5.69 Å². The van der Waals surface area contributed by atoms with Crippen LogP contribution in [0.2, 0.25) is 0 Å². The molecule has 0 aliphatic carbocycles. The van der Waals surface area contributed by atoms with Crippen LogP contribution in [0.4, 0.5) is 19.1 Å². The van der Waals surface area contributed by atoms with Crippen LogP contribution in [0.1, 0.15) is 36.7 Å². The summed E-state index contributed by atoms with van der Waals surface area (Å²) >= 11 is 0. The van der Waals surface area contributed by atoms with Gasteiger partial charge in [-0.25, -0.2) is 4.21 Å². The maximum atomic E-state index is 13.5. The van der Waals surface area contributed by atoms with Crippen molar-refractivity contribution in [3.05, 3.63) is 59.9 Å². The molecule has 4 aromatic rings. The molecule has 0 aliphatic heterocycles. The number of rotatable bonds is 9. The average molecular weight is 563 g/mol. The number of hydrogen-bond donors (Lipinski definition) is 1. The summed E-state index contributed by atoms with van der Waals surface area (Å²) in [6.07, 6.45) is -0.133. The second kappa shape index (κ2) is 11.3. The van der Waals surface area contributed by atoms with E-state index in [2.05, 4.69) is 34.9 Å². The fraction of sp³-hybridized carbons (Fsp3) is 0.333. The number of nitrogens with zero attached hydrogens (tertiary/aromatic N) is 7. The van der Waals surface area contributed by atoms with Crippen LogP contribution in [-0.4, -0.2) is 58.4 Å². The van der Waals surface area contributed by atoms with Crippen molar-refractivity contribution < 1.29 is 26.9 Å². The van der Waals surface area contributed by atoms with Crippen molar-refractivity contribution in [2.75, 3.05) is 18.9 Å². The zero-order chi connectivity index (χ0) is 28.3. The molecule has 3 unspecified atom stereocenters. The minimum atomic E-state index is -4.58. The molecular formula is C24H25F3N8O3S. The third kappa shape index (κ3) is 5.82.